The van der Waals surface area contributed by atoms with Crippen molar-refractivity contribution < 1.29 is 17.9 Å². The van der Waals surface area contributed by atoms with E-state index in [0.29, 0.717) is 26.1 Å². The predicted octanol–water partition coefficient (Wildman–Crippen LogP) is 1.85. The summed E-state index contributed by atoms with van der Waals surface area (Å²) in [5, 5.41) is -0.101. The number of hydrogen-bond acceptors (Lipinski definition) is 7. The first kappa shape index (κ1) is 18.6. The van der Waals surface area contributed by atoms with E-state index in [-0.39, 0.29) is 5.16 Å². The maximum atomic E-state index is 11.6. The number of aromatic nitrogens is 2. The number of benzene rings is 1. The van der Waals surface area contributed by atoms with Gasteiger partial charge in [-0.05, 0) is 13.0 Å². The first-order chi connectivity index (χ1) is 12.4. The molecule has 1 aliphatic heterocycles. The molecular formula is C18H23N3O4S. The van der Waals surface area contributed by atoms with Crippen LogP contribution in [0.25, 0.3) is 0 Å². The predicted molar refractivity (Wildman–Crippen MR) is 97.1 cm³/mol. The Hall–Kier alpha value is -2.19. The number of sulfone groups is 1. The topological polar surface area (TPSA) is 81.6 Å². The van der Waals surface area contributed by atoms with Gasteiger partial charge in [0.1, 0.15) is 0 Å². The van der Waals surface area contributed by atoms with Crippen LogP contribution in [0.15, 0.2) is 29.6 Å². The minimum Gasteiger partial charge on any atom is -0.493 e. The van der Waals surface area contributed by atoms with E-state index in [4.69, 9.17) is 9.47 Å². The Labute approximate surface area is 153 Å². The third-order valence-electron chi connectivity index (χ3n) is 4.29. The molecule has 2 aromatic rings. The maximum absolute atomic E-state index is 11.6. The van der Waals surface area contributed by atoms with Crippen molar-refractivity contribution in [3.63, 3.8) is 0 Å². The van der Waals surface area contributed by atoms with Crippen LogP contribution >= 0.6 is 0 Å². The van der Waals surface area contributed by atoms with Crippen molar-refractivity contribution in [1.82, 2.24) is 14.9 Å². The summed E-state index contributed by atoms with van der Waals surface area (Å²) in [5.41, 5.74) is 2.83. The number of methoxy groups -OCH3 is 1. The standard InChI is InChI=1S/C18H23N3O4S/c1-4-25-17-13(6-5-7-16(17)24-2)11-21-9-8-15-14(12-21)10-19-18(20-15)26(3,22)23/h5-7,10H,4,8-9,11-12H2,1-3H3. The van der Waals surface area contributed by atoms with Crippen LogP contribution in [0.4, 0.5) is 0 Å². The molecule has 0 radical (unpaired) electrons. The average Bonchev–Trinajstić information content (AvgIpc) is 2.62. The zero-order chi connectivity index (χ0) is 18.7. The smallest absolute Gasteiger partial charge is 0.246 e. The summed E-state index contributed by atoms with van der Waals surface area (Å²) in [6.45, 7) is 4.68. The third kappa shape index (κ3) is 3.96. The van der Waals surface area contributed by atoms with Crippen molar-refractivity contribution in [3.8, 4) is 11.5 Å². The number of para-hydroxylation sites is 1. The monoisotopic (exact) mass is 377 g/mol. The molecule has 1 aromatic carbocycles. The van der Waals surface area contributed by atoms with E-state index >= 15 is 0 Å². The molecule has 0 bridgehead atoms. The van der Waals surface area contributed by atoms with Gasteiger partial charge >= 0.3 is 0 Å². The second kappa shape index (κ2) is 7.59. The lowest BCUT2D eigenvalue weighted by molar-refractivity contribution is 0.234. The largest absolute Gasteiger partial charge is 0.493 e. The summed E-state index contributed by atoms with van der Waals surface area (Å²) < 4.78 is 34.4. The van der Waals surface area contributed by atoms with E-state index < -0.39 is 9.84 Å². The molecule has 0 saturated carbocycles. The highest BCUT2D eigenvalue weighted by Gasteiger charge is 2.22. The molecule has 0 N–H and O–H groups in total. The normalized spacial score (nSPS) is 14.7. The van der Waals surface area contributed by atoms with Gasteiger partial charge in [-0.15, -0.1) is 0 Å². The summed E-state index contributed by atoms with van der Waals surface area (Å²) in [4.78, 5) is 10.5. The quantitative estimate of drug-likeness (QED) is 0.711. The van der Waals surface area contributed by atoms with Gasteiger partial charge in [0.2, 0.25) is 15.0 Å². The fourth-order valence-corrected chi connectivity index (χ4v) is 3.59. The molecule has 0 atom stereocenters. The van der Waals surface area contributed by atoms with Crippen molar-refractivity contribution in [1.29, 1.82) is 0 Å². The number of nitrogens with zero attached hydrogens (tertiary/aromatic N) is 3. The van der Waals surface area contributed by atoms with Gasteiger partial charge in [-0.1, -0.05) is 12.1 Å². The fraction of sp³-hybridized carbons (Fsp3) is 0.444. The van der Waals surface area contributed by atoms with Crippen LogP contribution in [-0.4, -0.2) is 49.8 Å². The van der Waals surface area contributed by atoms with Crippen molar-refractivity contribution in [2.45, 2.75) is 31.6 Å². The highest BCUT2D eigenvalue weighted by atomic mass is 32.2. The molecule has 0 spiro atoms. The Morgan fingerprint density at radius 1 is 1.31 bits per heavy atom. The average molecular weight is 377 g/mol. The van der Waals surface area contributed by atoms with Gasteiger partial charge in [0, 0.05) is 49.6 Å². The van der Waals surface area contributed by atoms with Crippen LogP contribution in [0.1, 0.15) is 23.7 Å². The number of hydrogen-bond donors (Lipinski definition) is 0. The molecule has 0 amide bonds. The van der Waals surface area contributed by atoms with Crippen LogP contribution in [0.3, 0.4) is 0 Å². The van der Waals surface area contributed by atoms with Gasteiger partial charge in [-0.2, -0.15) is 0 Å². The SMILES string of the molecule is CCOc1c(CN2CCc3nc(S(C)(=O)=O)ncc3C2)cccc1OC. The highest BCUT2D eigenvalue weighted by Crippen LogP contribution is 2.32. The molecule has 0 fully saturated rings. The molecule has 0 unspecified atom stereocenters. The Kier molecular flexibility index (Phi) is 5.43. The zero-order valence-corrected chi connectivity index (χ0v) is 16.0. The fourth-order valence-electron chi connectivity index (χ4n) is 3.07. The van der Waals surface area contributed by atoms with E-state index in [9.17, 15) is 8.42 Å². The first-order valence-electron chi connectivity index (χ1n) is 8.48. The zero-order valence-electron chi connectivity index (χ0n) is 15.2. The molecule has 1 aliphatic rings. The molecule has 1 aromatic heterocycles. The molecule has 8 heteroatoms. The lowest BCUT2D eigenvalue weighted by atomic mass is 10.1. The van der Waals surface area contributed by atoms with Crippen molar-refractivity contribution in [2.75, 3.05) is 26.5 Å². The van der Waals surface area contributed by atoms with E-state index in [1.54, 1.807) is 13.3 Å². The Balaban J connectivity index is 1.80. The molecule has 0 aliphatic carbocycles. The minimum absolute atomic E-state index is 0.101. The van der Waals surface area contributed by atoms with Crippen molar-refractivity contribution in [3.05, 3.63) is 41.2 Å². The summed E-state index contributed by atoms with van der Waals surface area (Å²) in [6, 6.07) is 5.88. The number of rotatable bonds is 6. The van der Waals surface area contributed by atoms with Crippen LogP contribution in [-0.2, 0) is 29.3 Å². The van der Waals surface area contributed by atoms with Gasteiger partial charge in [0.15, 0.2) is 11.5 Å². The third-order valence-corrected chi connectivity index (χ3v) is 5.15. The van der Waals surface area contributed by atoms with Crippen LogP contribution in [0.2, 0.25) is 0 Å². The Morgan fingerprint density at radius 3 is 2.81 bits per heavy atom. The highest BCUT2D eigenvalue weighted by molar-refractivity contribution is 7.90. The second-order valence-electron chi connectivity index (χ2n) is 6.24. The van der Waals surface area contributed by atoms with Crippen LogP contribution in [0.5, 0.6) is 11.5 Å². The molecule has 7 nitrogen and oxygen atoms in total. The second-order valence-corrected chi connectivity index (χ2v) is 8.15. The lowest BCUT2D eigenvalue weighted by Gasteiger charge is -2.28. The summed E-state index contributed by atoms with van der Waals surface area (Å²) in [5.74, 6) is 1.50. The van der Waals surface area contributed by atoms with E-state index in [1.165, 1.54) is 0 Å². The lowest BCUT2D eigenvalue weighted by Crippen LogP contribution is -2.31. The van der Waals surface area contributed by atoms with Gasteiger partial charge in [0.05, 0.1) is 19.4 Å². The summed E-state index contributed by atoms with van der Waals surface area (Å²) >= 11 is 0. The molecule has 140 valence electrons. The van der Waals surface area contributed by atoms with Gasteiger partial charge in [-0.25, -0.2) is 18.4 Å². The molecule has 0 saturated heterocycles. The first-order valence-corrected chi connectivity index (χ1v) is 10.4. The number of ether oxygens (including phenoxy) is 2. The minimum atomic E-state index is -3.38. The molecule has 2 heterocycles. The molecule has 3 rings (SSSR count). The van der Waals surface area contributed by atoms with Crippen molar-refractivity contribution in [2.24, 2.45) is 0 Å². The molecule has 26 heavy (non-hydrogen) atoms. The summed E-state index contributed by atoms with van der Waals surface area (Å²) in [6.07, 6.45) is 3.44. The van der Waals surface area contributed by atoms with E-state index in [0.717, 1.165) is 41.1 Å². The van der Waals surface area contributed by atoms with E-state index in [2.05, 4.69) is 14.9 Å². The number of fused-ring (bicyclic) bond motifs is 1. The van der Waals surface area contributed by atoms with Gasteiger partial charge in [0.25, 0.3) is 0 Å². The Morgan fingerprint density at radius 2 is 2.12 bits per heavy atom. The van der Waals surface area contributed by atoms with Gasteiger partial charge < -0.3 is 9.47 Å². The van der Waals surface area contributed by atoms with Crippen LogP contribution < -0.4 is 9.47 Å². The van der Waals surface area contributed by atoms with Gasteiger partial charge in [-0.3, -0.25) is 4.90 Å². The van der Waals surface area contributed by atoms with Crippen LogP contribution in [0, 0.1) is 0 Å². The Bertz CT molecular complexity index is 899. The van der Waals surface area contributed by atoms with Crippen molar-refractivity contribution >= 4 is 9.84 Å². The molecular weight excluding hydrogens is 354 g/mol. The van der Waals surface area contributed by atoms with E-state index in [1.807, 2.05) is 25.1 Å². The maximum Gasteiger partial charge on any atom is 0.246 e. The summed E-state index contributed by atoms with van der Waals surface area (Å²) in [7, 11) is -1.75.